The number of aryl methyl sites for hydroxylation is 1. The van der Waals surface area contributed by atoms with Crippen LogP contribution in [0.1, 0.15) is 51.0 Å². The van der Waals surface area contributed by atoms with Crippen molar-refractivity contribution in [2.45, 2.75) is 64.1 Å². The van der Waals surface area contributed by atoms with Crippen LogP contribution in [0.4, 0.5) is 0 Å². The van der Waals surface area contributed by atoms with Gasteiger partial charge in [-0.15, -0.1) is 5.10 Å². The number of benzene rings is 1. The van der Waals surface area contributed by atoms with Gasteiger partial charge in [-0.25, -0.2) is 4.68 Å². The van der Waals surface area contributed by atoms with E-state index in [1.54, 1.807) is 9.58 Å². The third kappa shape index (κ3) is 5.22. The number of nitrogens with zero attached hydrogens (tertiary/aromatic N) is 5. The summed E-state index contributed by atoms with van der Waals surface area (Å²) < 4.78 is 1.70. The first-order valence-electron chi connectivity index (χ1n) is 12.3. The van der Waals surface area contributed by atoms with E-state index in [0.29, 0.717) is 25.9 Å². The fourth-order valence-electron chi connectivity index (χ4n) is 4.95. The van der Waals surface area contributed by atoms with Crippen molar-refractivity contribution in [1.29, 1.82) is 0 Å². The quantitative estimate of drug-likeness (QED) is 0.593. The predicted molar refractivity (Wildman–Crippen MR) is 127 cm³/mol. The molecule has 0 bridgehead atoms. The summed E-state index contributed by atoms with van der Waals surface area (Å²) >= 11 is 0. The maximum absolute atomic E-state index is 13.2. The summed E-state index contributed by atoms with van der Waals surface area (Å²) in [5, 5.41) is 11.1. The Kier molecular flexibility index (Phi) is 7.45. The lowest BCUT2D eigenvalue weighted by molar-refractivity contribution is -0.140. The van der Waals surface area contributed by atoms with Gasteiger partial charge in [0.05, 0.1) is 11.6 Å². The zero-order valence-electron chi connectivity index (χ0n) is 20.1. The van der Waals surface area contributed by atoms with Gasteiger partial charge in [-0.05, 0) is 49.3 Å². The van der Waals surface area contributed by atoms with Gasteiger partial charge in [-0.3, -0.25) is 14.4 Å². The molecule has 0 spiro atoms. The second kappa shape index (κ2) is 10.5. The number of hydrogen-bond donors (Lipinski definition) is 2. The minimum atomic E-state index is -0.781. The van der Waals surface area contributed by atoms with Crippen LogP contribution in [0.3, 0.4) is 0 Å². The van der Waals surface area contributed by atoms with Crippen LogP contribution in [-0.2, 0) is 28.0 Å². The van der Waals surface area contributed by atoms with E-state index in [4.69, 9.17) is 5.73 Å². The zero-order valence-corrected chi connectivity index (χ0v) is 20.1. The van der Waals surface area contributed by atoms with Gasteiger partial charge in [0.2, 0.25) is 17.7 Å². The van der Waals surface area contributed by atoms with E-state index in [9.17, 15) is 14.4 Å². The molecule has 0 radical (unpaired) electrons. The SMILES string of the molecule is CCC1C[C@@H](C(=O)NCc2ccc3c(c2)nnn3C)N(C(=O)[C@H](N)CCC(=O)N2CCCC2)C1. The molecule has 2 saturated heterocycles. The first kappa shape index (κ1) is 24.1. The lowest BCUT2D eigenvalue weighted by Crippen LogP contribution is -2.51. The molecule has 2 fully saturated rings. The summed E-state index contributed by atoms with van der Waals surface area (Å²) in [5.41, 5.74) is 8.82. The molecule has 0 aliphatic carbocycles. The number of carbonyl (C=O) groups excluding carboxylic acids is 3. The summed E-state index contributed by atoms with van der Waals surface area (Å²) in [4.78, 5) is 42.1. The van der Waals surface area contributed by atoms with Crippen molar-refractivity contribution in [2.75, 3.05) is 19.6 Å². The molecule has 2 aliphatic rings. The number of aromatic nitrogens is 3. The number of amides is 3. The van der Waals surface area contributed by atoms with E-state index >= 15 is 0 Å². The van der Waals surface area contributed by atoms with Crippen molar-refractivity contribution in [3.63, 3.8) is 0 Å². The average molecular weight is 470 g/mol. The van der Waals surface area contributed by atoms with Gasteiger partial charge in [-0.1, -0.05) is 24.6 Å². The van der Waals surface area contributed by atoms with Crippen molar-refractivity contribution in [3.8, 4) is 0 Å². The van der Waals surface area contributed by atoms with Crippen LogP contribution in [0, 0.1) is 5.92 Å². The Hall–Kier alpha value is -3.01. The van der Waals surface area contributed by atoms with Crippen molar-refractivity contribution in [2.24, 2.45) is 18.7 Å². The van der Waals surface area contributed by atoms with E-state index in [0.717, 1.165) is 48.9 Å². The van der Waals surface area contributed by atoms with Gasteiger partial charge >= 0.3 is 0 Å². The molecule has 1 aromatic heterocycles. The Bertz CT molecular complexity index is 1050. The fourth-order valence-corrected chi connectivity index (χ4v) is 4.95. The molecule has 3 atom stereocenters. The van der Waals surface area contributed by atoms with Crippen molar-refractivity contribution >= 4 is 28.8 Å². The highest BCUT2D eigenvalue weighted by atomic mass is 16.2. The molecular weight excluding hydrogens is 434 g/mol. The average Bonchev–Trinajstić information content (AvgIpc) is 3.60. The van der Waals surface area contributed by atoms with Crippen LogP contribution in [0.2, 0.25) is 0 Å². The van der Waals surface area contributed by atoms with Gasteiger partial charge in [0.1, 0.15) is 11.6 Å². The number of carbonyl (C=O) groups is 3. The highest BCUT2D eigenvalue weighted by Crippen LogP contribution is 2.27. The van der Waals surface area contributed by atoms with Gasteiger partial charge < -0.3 is 20.9 Å². The van der Waals surface area contributed by atoms with E-state index < -0.39 is 12.1 Å². The van der Waals surface area contributed by atoms with E-state index in [1.165, 1.54) is 0 Å². The van der Waals surface area contributed by atoms with Crippen LogP contribution < -0.4 is 11.1 Å². The first-order chi connectivity index (χ1) is 16.4. The normalized spacial score (nSPS) is 21.3. The molecule has 10 heteroatoms. The zero-order chi connectivity index (χ0) is 24.2. The minimum absolute atomic E-state index is 0.0583. The van der Waals surface area contributed by atoms with Gasteiger partial charge in [0, 0.05) is 39.6 Å². The molecule has 1 unspecified atom stereocenters. The van der Waals surface area contributed by atoms with Gasteiger partial charge in [-0.2, -0.15) is 0 Å². The van der Waals surface area contributed by atoms with Crippen molar-refractivity contribution in [1.82, 2.24) is 30.1 Å². The number of likely N-dealkylation sites (tertiary alicyclic amines) is 2. The molecular formula is C24H35N7O3. The topological polar surface area (TPSA) is 126 Å². The Morgan fingerprint density at radius 3 is 2.74 bits per heavy atom. The second-order valence-electron chi connectivity index (χ2n) is 9.50. The lowest BCUT2D eigenvalue weighted by atomic mass is 10.0. The number of hydrogen-bond acceptors (Lipinski definition) is 6. The molecule has 0 saturated carbocycles. The number of fused-ring (bicyclic) bond motifs is 1. The molecule has 1 aromatic carbocycles. The molecule has 10 nitrogen and oxygen atoms in total. The third-order valence-electron chi connectivity index (χ3n) is 7.14. The summed E-state index contributed by atoms with van der Waals surface area (Å²) in [6.07, 6.45) is 4.14. The van der Waals surface area contributed by atoms with Crippen molar-refractivity contribution < 1.29 is 14.4 Å². The largest absolute Gasteiger partial charge is 0.350 e. The molecule has 3 heterocycles. The molecule has 4 rings (SSSR count). The Morgan fingerprint density at radius 2 is 2.00 bits per heavy atom. The Labute approximate surface area is 199 Å². The monoisotopic (exact) mass is 469 g/mol. The fraction of sp³-hybridized carbons (Fsp3) is 0.625. The number of nitrogens with one attached hydrogen (secondary N) is 1. The van der Waals surface area contributed by atoms with Crippen molar-refractivity contribution in [3.05, 3.63) is 23.8 Å². The lowest BCUT2D eigenvalue weighted by Gasteiger charge is -2.27. The molecule has 3 amide bonds. The Morgan fingerprint density at radius 1 is 1.24 bits per heavy atom. The van der Waals surface area contributed by atoms with E-state index in [2.05, 4.69) is 22.6 Å². The van der Waals surface area contributed by atoms with Crippen LogP contribution in [0.25, 0.3) is 11.0 Å². The van der Waals surface area contributed by atoms with Gasteiger partial charge in [0.25, 0.3) is 0 Å². The molecule has 184 valence electrons. The molecule has 3 N–H and O–H groups in total. The summed E-state index contributed by atoms with van der Waals surface area (Å²) in [6.45, 7) is 4.51. The summed E-state index contributed by atoms with van der Waals surface area (Å²) in [7, 11) is 1.83. The summed E-state index contributed by atoms with van der Waals surface area (Å²) in [5.74, 6) is -0.104. The molecule has 2 aromatic rings. The first-order valence-corrected chi connectivity index (χ1v) is 12.3. The standard InChI is InChI=1S/C24H35N7O3/c1-3-16-13-21(23(33)26-14-17-6-8-20-19(12-17)27-28-29(20)2)31(15-16)24(34)18(25)7-9-22(32)30-10-4-5-11-30/h6,8,12,16,18,21H,3-5,7,9-11,13-15,25H2,1-2H3,(H,26,33)/t16?,18-,21+/m1/s1. The third-order valence-corrected chi connectivity index (χ3v) is 7.14. The van der Waals surface area contributed by atoms with Gasteiger partial charge in [0.15, 0.2) is 0 Å². The smallest absolute Gasteiger partial charge is 0.243 e. The second-order valence-corrected chi connectivity index (χ2v) is 9.50. The van der Waals surface area contributed by atoms with Crippen LogP contribution in [0.15, 0.2) is 18.2 Å². The van der Waals surface area contributed by atoms with Crippen LogP contribution >= 0.6 is 0 Å². The predicted octanol–water partition coefficient (Wildman–Crippen LogP) is 0.942. The van der Waals surface area contributed by atoms with E-state index in [-0.39, 0.29) is 30.1 Å². The van der Waals surface area contributed by atoms with Crippen LogP contribution in [-0.4, -0.2) is 74.2 Å². The Balaban J connectivity index is 1.35. The number of rotatable bonds is 8. The van der Waals surface area contributed by atoms with Crippen LogP contribution in [0.5, 0.6) is 0 Å². The maximum Gasteiger partial charge on any atom is 0.243 e. The summed E-state index contributed by atoms with van der Waals surface area (Å²) in [6, 6.07) is 4.45. The minimum Gasteiger partial charge on any atom is -0.350 e. The van der Waals surface area contributed by atoms with E-state index in [1.807, 2.05) is 30.1 Å². The highest BCUT2D eigenvalue weighted by molar-refractivity contribution is 5.90. The maximum atomic E-state index is 13.2. The molecule has 2 aliphatic heterocycles. The highest BCUT2D eigenvalue weighted by Gasteiger charge is 2.40. The molecule has 34 heavy (non-hydrogen) atoms. The number of nitrogens with two attached hydrogens (primary N) is 1.